The fourth-order valence-corrected chi connectivity index (χ4v) is 5.81. The SMILES string of the molecule is COC(=O)C(c1ccc(-c2ccccc2)cc1)N1CCC(N2CCN(c3ccc(C=NN)cc3)CC2)CC1. The molecule has 7 heteroatoms. The number of hydrogen-bond donors (Lipinski definition) is 1. The largest absolute Gasteiger partial charge is 0.468 e. The molecule has 2 aliphatic heterocycles. The van der Waals surface area contributed by atoms with E-state index in [9.17, 15) is 4.79 Å². The summed E-state index contributed by atoms with van der Waals surface area (Å²) in [6, 6.07) is 27.3. The second-order valence-corrected chi connectivity index (χ2v) is 10.1. The molecule has 0 amide bonds. The maximum Gasteiger partial charge on any atom is 0.327 e. The number of nitrogens with zero attached hydrogens (tertiary/aromatic N) is 4. The van der Waals surface area contributed by atoms with Gasteiger partial charge in [-0.2, -0.15) is 5.10 Å². The molecule has 0 radical (unpaired) electrons. The molecule has 2 heterocycles. The number of esters is 1. The summed E-state index contributed by atoms with van der Waals surface area (Å²) in [7, 11) is 1.49. The Morgan fingerprint density at radius 3 is 2.11 bits per heavy atom. The maximum atomic E-state index is 12.9. The van der Waals surface area contributed by atoms with Crippen LogP contribution in [0.2, 0.25) is 0 Å². The van der Waals surface area contributed by atoms with Crippen LogP contribution in [0.1, 0.15) is 30.0 Å². The smallest absolute Gasteiger partial charge is 0.327 e. The van der Waals surface area contributed by atoms with Crippen LogP contribution in [0.15, 0.2) is 84.0 Å². The number of benzene rings is 3. The number of hydrogen-bond acceptors (Lipinski definition) is 7. The van der Waals surface area contributed by atoms with Crippen molar-refractivity contribution in [1.29, 1.82) is 0 Å². The predicted octanol–water partition coefficient (Wildman–Crippen LogP) is 4.15. The lowest BCUT2D eigenvalue weighted by Crippen LogP contribution is -2.54. The van der Waals surface area contributed by atoms with Gasteiger partial charge in [0.2, 0.25) is 0 Å². The summed E-state index contributed by atoms with van der Waals surface area (Å²) < 4.78 is 5.24. The summed E-state index contributed by atoms with van der Waals surface area (Å²) in [5.41, 5.74) is 5.57. The van der Waals surface area contributed by atoms with E-state index in [1.165, 1.54) is 18.4 Å². The molecule has 0 saturated carbocycles. The minimum Gasteiger partial charge on any atom is -0.468 e. The van der Waals surface area contributed by atoms with Crippen LogP contribution in [0.3, 0.4) is 0 Å². The molecule has 0 aromatic heterocycles. The zero-order valence-corrected chi connectivity index (χ0v) is 22.1. The summed E-state index contributed by atoms with van der Waals surface area (Å²) in [5, 5.41) is 3.60. The van der Waals surface area contributed by atoms with Gasteiger partial charge in [0.25, 0.3) is 0 Å². The minimum atomic E-state index is -0.366. The van der Waals surface area contributed by atoms with E-state index < -0.39 is 0 Å². The Labute approximate surface area is 225 Å². The van der Waals surface area contributed by atoms with E-state index in [1.54, 1.807) is 6.21 Å². The highest BCUT2D eigenvalue weighted by Gasteiger charge is 2.34. The monoisotopic (exact) mass is 511 g/mol. The zero-order valence-electron chi connectivity index (χ0n) is 22.1. The highest BCUT2D eigenvalue weighted by Crippen LogP contribution is 2.30. The van der Waals surface area contributed by atoms with E-state index in [-0.39, 0.29) is 12.0 Å². The second-order valence-electron chi connectivity index (χ2n) is 10.1. The first-order valence-corrected chi connectivity index (χ1v) is 13.5. The highest BCUT2D eigenvalue weighted by molar-refractivity contribution is 5.80. The van der Waals surface area contributed by atoms with E-state index in [4.69, 9.17) is 10.6 Å². The van der Waals surface area contributed by atoms with Crippen molar-refractivity contribution in [2.45, 2.75) is 24.9 Å². The van der Waals surface area contributed by atoms with Gasteiger partial charge in [0.05, 0.1) is 13.3 Å². The maximum absolute atomic E-state index is 12.9. The predicted molar refractivity (Wildman–Crippen MR) is 153 cm³/mol. The normalized spacial score (nSPS) is 18.5. The number of hydrazone groups is 1. The molecule has 38 heavy (non-hydrogen) atoms. The molecule has 2 N–H and O–H groups in total. The first-order chi connectivity index (χ1) is 18.7. The average molecular weight is 512 g/mol. The quantitative estimate of drug-likeness (QED) is 0.222. The summed E-state index contributed by atoms with van der Waals surface area (Å²) in [5.74, 6) is 5.07. The van der Waals surface area contributed by atoms with Crippen LogP contribution in [0.4, 0.5) is 5.69 Å². The topological polar surface area (TPSA) is 74.4 Å². The summed E-state index contributed by atoms with van der Waals surface area (Å²) >= 11 is 0. The molecule has 5 rings (SSSR count). The summed E-state index contributed by atoms with van der Waals surface area (Å²) in [6.07, 6.45) is 3.78. The Balaban J connectivity index is 1.17. The van der Waals surface area contributed by atoms with E-state index >= 15 is 0 Å². The standard InChI is InChI=1S/C31H37N5O2/c1-38-31(37)30(27-11-9-26(10-12-27)25-5-3-2-4-6-25)36-17-15-29(16-18-36)35-21-19-34(20-22-35)28-13-7-24(8-14-28)23-33-32/h2-14,23,29-30H,15-22,32H2,1H3. The van der Waals surface area contributed by atoms with Gasteiger partial charge in [-0.15, -0.1) is 0 Å². The Hall–Kier alpha value is -3.68. The number of rotatable bonds is 7. The molecular weight excluding hydrogens is 474 g/mol. The number of likely N-dealkylation sites (tertiary alicyclic amines) is 1. The number of anilines is 1. The first kappa shape index (κ1) is 25.9. The minimum absolute atomic E-state index is 0.187. The average Bonchev–Trinajstić information content (AvgIpc) is 2.99. The second kappa shape index (κ2) is 12.2. The zero-order chi connectivity index (χ0) is 26.3. The fourth-order valence-electron chi connectivity index (χ4n) is 5.81. The molecule has 0 spiro atoms. The third-order valence-electron chi connectivity index (χ3n) is 7.93. The fraction of sp³-hybridized carbons (Fsp3) is 0.355. The van der Waals surface area contributed by atoms with Gasteiger partial charge >= 0.3 is 5.97 Å². The van der Waals surface area contributed by atoms with Crippen molar-refractivity contribution in [1.82, 2.24) is 9.80 Å². The molecule has 1 atom stereocenters. The van der Waals surface area contributed by atoms with Crippen LogP contribution >= 0.6 is 0 Å². The molecule has 2 fully saturated rings. The Kier molecular flexibility index (Phi) is 8.36. The van der Waals surface area contributed by atoms with Crippen LogP contribution in [0.25, 0.3) is 11.1 Å². The van der Waals surface area contributed by atoms with E-state index in [1.807, 2.05) is 18.2 Å². The van der Waals surface area contributed by atoms with Crippen molar-refractivity contribution in [2.75, 3.05) is 51.3 Å². The van der Waals surface area contributed by atoms with Gasteiger partial charge in [-0.1, -0.05) is 66.7 Å². The number of carbonyl (C=O) groups excluding carboxylic acids is 1. The molecule has 3 aromatic rings. The molecule has 3 aromatic carbocycles. The highest BCUT2D eigenvalue weighted by atomic mass is 16.5. The van der Waals surface area contributed by atoms with Gasteiger partial charge in [-0.3, -0.25) is 9.80 Å². The van der Waals surface area contributed by atoms with Crippen molar-refractivity contribution in [3.63, 3.8) is 0 Å². The number of methoxy groups -OCH3 is 1. The molecular formula is C31H37N5O2. The lowest BCUT2D eigenvalue weighted by molar-refractivity contribution is -0.148. The number of piperidine rings is 1. The number of nitrogens with two attached hydrogens (primary N) is 1. The number of ether oxygens (including phenoxy) is 1. The van der Waals surface area contributed by atoms with E-state index in [0.29, 0.717) is 6.04 Å². The Morgan fingerprint density at radius 2 is 1.50 bits per heavy atom. The molecule has 2 saturated heterocycles. The lowest BCUT2D eigenvalue weighted by atomic mass is 9.96. The first-order valence-electron chi connectivity index (χ1n) is 13.5. The van der Waals surface area contributed by atoms with Crippen LogP contribution in [-0.4, -0.2) is 74.4 Å². The van der Waals surface area contributed by atoms with Crippen molar-refractivity contribution < 1.29 is 9.53 Å². The molecule has 1 unspecified atom stereocenters. The summed E-state index contributed by atoms with van der Waals surface area (Å²) in [4.78, 5) is 20.3. The molecule has 0 bridgehead atoms. The van der Waals surface area contributed by atoms with Crippen molar-refractivity contribution in [2.24, 2.45) is 10.9 Å². The van der Waals surface area contributed by atoms with Gasteiger partial charge in [0.15, 0.2) is 0 Å². The van der Waals surface area contributed by atoms with Crippen LogP contribution in [-0.2, 0) is 9.53 Å². The van der Waals surface area contributed by atoms with Crippen LogP contribution in [0.5, 0.6) is 0 Å². The van der Waals surface area contributed by atoms with Gasteiger partial charge in [0, 0.05) is 51.0 Å². The number of piperazine rings is 1. The van der Waals surface area contributed by atoms with Crippen molar-refractivity contribution >= 4 is 17.9 Å². The molecule has 198 valence electrons. The van der Waals surface area contributed by atoms with Crippen molar-refractivity contribution in [3.8, 4) is 11.1 Å². The Bertz CT molecular complexity index is 1200. The van der Waals surface area contributed by atoms with Crippen molar-refractivity contribution in [3.05, 3.63) is 90.0 Å². The number of carbonyl (C=O) groups is 1. The molecule has 2 aliphatic rings. The van der Waals surface area contributed by atoms with Crippen LogP contribution in [0, 0.1) is 0 Å². The Morgan fingerprint density at radius 1 is 0.868 bits per heavy atom. The van der Waals surface area contributed by atoms with Gasteiger partial charge < -0.3 is 15.5 Å². The molecule has 0 aliphatic carbocycles. The van der Waals surface area contributed by atoms with E-state index in [0.717, 1.165) is 68.8 Å². The molecule has 7 nitrogen and oxygen atoms in total. The summed E-state index contributed by atoms with van der Waals surface area (Å²) in [6.45, 7) is 5.91. The lowest BCUT2D eigenvalue weighted by Gasteiger charge is -2.44. The van der Waals surface area contributed by atoms with E-state index in [2.05, 4.69) is 80.5 Å². The van der Waals surface area contributed by atoms with Gasteiger partial charge in [0.1, 0.15) is 6.04 Å². The van der Waals surface area contributed by atoms with Gasteiger partial charge in [-0.05, 0) is 47.2 Å². The third kappa shape index (κ3) is 5.90. The van der Waals surface area contributed by atoms with Crippen LogP contribution < -0.4 is 10.7 Å². The third-order valence-corrected chi connectivity index (χ3v) is 7.93. The van der Waals surface area contributed by atoms with Gasteiger partial charge in [-0.25, -0.2) is 4.79 Å².